The fourth-order valence-corrected chi connectivity index (χ4v) is 1.56. The summed E-state index contributed by atoms with van der Waals surface area (Å²) in [6.07, 6.45) is -1.02. The second-order valence-electron chi connectivity index (χ2n) is 3.46. The van der Waals surface area contributed by atoms with E-state index in [0.717, 1.165) is 0 Å². The van der Waals surface area contributed by atoms with E-state index in [2.05, 4.69) is 5.32 Å². The lowest BCUT2D eigenvalue weighted by Crippen LogP contribution is -2.58. The van der Waals surface area contributed by atoms with E-state index < -0.39 is 12.1 Å². The van der Waals surface area contributed by atoms with Crippen LogP contribution in [0.1, 0.15) is 13.8 Å². The van der Waals surface area contributed by atoms with Gasteiger partial charge in [-0.25, -0.2) is 4.79 Å². The molecule has 1 atom stereocenters. The SMILES string of the molecule is CC(C)C1C(=O)NCCN1C(=O)O. The highest BCUT2D eigenvalue weighted by Gasteiger charge is 2.34. The summed E-state index contributed by atoms with van der Waals surface area (Å²) in [6.45, 7) is 4.47. The molecule has 1 saturated heterocycles. The Morgan fingerprint density at radius 1 is 1.69 bits per heavy atom. The predicted molar refractivity (Wildman–Crippen MR) is 46.4 cm³/mol. The molecule has 13 heavy (non-hydrogen) atoms. The van der Waals surface area contributed by atoms with E-state index in [1.54, 1.807) is 0 Å². The maximum absolute atomic E-state index is 11.3. The molecule has 0 aromatic carbocycles. The molecule has 1 aliphatic rings. The first-order chi connectivity index (χ1) is 6.04. The minimum Gasteiger partial charge on any atom is -0.465 e. The lowest BCUT2D eigenvalue weighted by atomic mass is 10.0. The third-order valence-electron chi connectivity index (χ3n) is 2.13. The number of carbonyl (C=O) groups excluding carboxylic acids is 1. The van der Waals surface area contributed by atoms with Gasteiger partial charge in [0.2, 0.25) is 5.91 Å². The van der Waals surface area contributed by atoms with Gasteiger partial charge in [-0.1, -0.05) is 13.8 Å². The van der Waals surface area contributed by atoms with Crippen molar-refractivity contribution in [1.29, 1.82) is 0 Å². The molecule has 1 fully saturated rings. The van der Waals surface area contributed by atoms with Crippen LogP contribution < -0.4 is 5.32 Å². The molecule has 0 spiro atoms. The molecule has 74 valence electrons. The molecule has 0 aliphatic carbocycles. The third-order valence-corrected chi connectivity index (χ3v) is 2.13. The molecule has 1 rings (SSSR count). The summed E-state index contributed by atoms with van der Waals surface area (Å²) in [4.78, 5) is 23.3. The number of piperazine rings is 1. The van der Waals surface area contributed by atoms with Crippen molar-refractivity contribution < 1.29 is 14.7 Å². The van der Waals surface area contributed by atoms with Gasteiger partial charge in [0, 0.05) is 13.1 Å². The van der Waals surface area contributed by atoms with Crippen LogP contribution in [-0.4, -0.2) is 41.1 Å². The lowest BCUT2D eigenvalue weighted by molar-refractivity contribution is -0.129. The second-order valence-corrected chi connectivity index (χ2v) is 3.46. The summed E-state index contributed by atoms with van der Waals surface area (Å²) in [5.41, 5.74) is 0. The van der Waals surface area contributed by atoms with Crippen LogP contribution in [0.15, 0.2) is 0 Å². The number of nitrogens with one attached hydrogen (secondary N) is 1. The van der Waals surface area contributed by atoms with Crippen molar-refractivity contribution in [2.45, 2.75) is 19.9 Å². The van der Waals surface area contributed by atoms with E-state index in [-0.39, 0.29) is 11.8 Å². The van der Waals surface area contributed by atoms with Gasteiger partial charge in [0.15, 0.2) is 0 Å². The van der Waals surface area contributed by atoms with Gasteiger partial charge in [-0.15, -0.1) is 0 Å². The fourth-order valence-electron chi connectivity index (χ4n) is 1.56. The van der Waals surface area contributed by atoms with Crippen molar-refractivity contribution in [3.8, 4) is 0 Å². The molecule has 0 bridgehead atoms. The summed E-state index contributed by atoms with van der Waals surface area (Å²) < 4.78 is 0. The highest BCUT2D eigenvalue weighted by atomic mass is 16.4. The molecule has 0 aromatic heterocycles. The number of carbonyl (C=O) groups is 2. The molecule has 0 saturated carbocycles. The van der Waals surface area contributed by atoms with E-state index in [1.807, 2.05) is 13.8 Å². The highest BCUT2D eigenvalue weighted by molar-refractivity contribution is 5.86. The Kier molecular flexibility index (Phi) is 2.75. The first-order valence-electron chi connectivity index (χ1n) is 4.31. The highest BCUT2D eigenvalue weighted by Crippen LogP contribution is 2.13. The molecule has 5 nitrogen and oxygen atoms in total. The quantitative estimate of drug-likeness (QED) is 0.611. The van der Waals surface area contributed by atoms with Crippen LogP contribution in [0.2, 0.25) is 0 Å². The van der Waals surface area contributed by atoms with Crippen molar-refractivity contribution in [2.24, 2.45) is 5.92 Å². The van der Waals surface area contributed by atoms with Gasteiger partial charge in [-0.05, 0) is 5.92 Å². The number of amides is 2. The zero-order valence-corrected chi connectivity index (χ0v) is 7.78. The number of hydrogen-bond acceptors (Lipinski definition) is 2. The van der Waals surface area contributed by atoms with Crippen molar-refractivity contribution in [1.82, 2.24) is 10.2 Å². The number of rotatable bonds is 1. The first-order valence-corrected chi connectivity index (χ1v) is 4.31. The molecule has 5 heteroatoms. The fraction of sp³-hybridized carbons (Fsp3) is 0.750. The minimum atomic E-state index is -1.02. The van der Waals surface area contributed by atoms with Gasteiger partial charge in [0.1, 0.15) is 6.04 Å². The minimum absolute atomic E-state index is 0.0106. The number of nitrogens with zero attached hydrogens (tertiary/aromatic N) is 1. The Bertz CT molecular complexity index is 227. The molecule has 1 aliphatic heterocycles. The maximum Gasteiger partial charge on any atom is 0.408 e. The molecule has 1 heterocycles. The molecular formula is C8H14N2O3. The van der Waals surface area contributed by atoms with Crippen LogP contribution in [0.5, 0.6) is 0 Å². The smallest absolute Gasteiger partial charge is 0.408 e. The summed E-state index contributed by atoms with van der Waals surface area (Å²) >= 11 is 0. The van der Waals surface area contributed by atoms with Crippen molar-refractivity contribution >= 4 is 12.0 Å². The zero-order chi connectivity index (χ0) is 10.0. The topological polar surface area (TPSA) is 69.6 Å². The Labute approximate surface area is 76.7 Å². The monoisotopic (exact) mass is 186 g/mol. The van der Waals surface area contributed by atoms with E-state index in [9.17, 15) is 9.59 Å². The Morgan fingerprint density at radius 2 is 2.31 bits per heavy atom. The largest absolute Gasteiger partial charge is 0.465 e. The zero-order valence-electron chi connectivity index (χ0n) is 7.78. The second kappa shape index (κ2) is 3.64. The third kappa shape index (κ3) is 1.91. The van der Waals surface area contributed by atoms with Gasteiger partial charge in [-0.3, -0.25) is 9.69 Å². The average Bonchev–Trinajstić information content (AvgIpc) is 2.02. The van der Waals surface area contributed by atoms with Crippen LogP contribution in [0.4, 0.5) is 4.79 Å². The van der Waals surface area contributed by atoms with Crippen LogP contribution in [0, 0.1) is 5.92 Å². The number of carboxylic acid groups (broad SMARTS) is 1. The van der Waals surface area contributed by atoms with Gasteiger partial charge >= 0.3 is 6.09 Å². The van der Waals surface area contributed by atoms with Crippen molar-refractivity contribution in [3.63, 3.8) is 0 Å². The molecule has 1 unspecified atom stereocenters. The molecule has 0 aromatic rings. The van der Waals surface area contributed by atoms with E-state index in [4.69, 9.17) is 5.11 Å². The van der Waals surface area contributed by atoms with Crippen LogP contribution in [-0.2, 0) is 4.79 Å². The Hall–Kier alpha value is -1.26. The molecular weight excluding hydrogens is 172 g/mol. The Morgan fingerprint density at radius 3 is 2.69 bits per heavy atom. The molecule has 2 amide bonds. The summed E-state index contributed by atoms with van der Waals surface area (Å²) in [6, 6.07) is -0.536. The van der Waals surface area contributed by atoms with Gasteiger partial charge in [-0.2, -0.15) is 0 Å². The van der Waals surface area contributed by atoms with Crippen molar-refractivity contribution in [3.05, 3.63) is 0 Å². The standard InChI is InChI=1S/C8H14N2O3/c1-5(2)6-7(11)9-3-4-10(6)8(12)13/h5-6H,3-4H2,1-2H3,(H,9,11)(H,12,13). The van der Waals surface area contributed by atoms with E-state index >= 15 is 0 Å². The normalized spacial score (nSPS) is 23.2. The van der Waals surface area contributed by atoms with E-state index in [0.29, 0.717) is 13.1 Å². The molecule has 0 radical (unpaired) electrons. The van der Waals surface area contributed by atoms with Gasteiger partial charge in [0.25, 0.3) is 0 Å². The Balaban J connectivity index is 2.80. The van der Waals surface area contributed by atoms with Crippen LogP contribution >= 0.6 is 0 Å². The number of hydrogen-bond donors (Lipinski definition) is 2. The predicted octanol–water partition coefficient (Wildman–Crippen LogP) is 0.121. The maximum atomic E-state index is 11.3. The van der Waals surface area contributed by atoms with Gasteiger partial charge in [0.05, 0.1) is 0 Å². The van der Waals surface area contributed by atoms with E-state index in [1.165, 1.54) is 4.90 Å². The average molecular weight is 186 g/mol. The van der Waals surface area contributed by atoms with Crippen LogP contribution in [0.3, 0.4) is 0 Å². The molecule has 2 N–H and O–H groups in total. The first kappa shape index (κ1) is 9.83. The van der Waals surface area contributed by atoms with Gasteiger partial charge < -0.3 is 10.4 Å². The lowest BCUT2D eigenvalue weighted by Gasteiger charge is -2.35. The summed E-state index contributed by atoms with van der Waals surface area (Å²) in [5.74, 6) is -0.181. The summed E-state index contributed by atoms with van der Waals surface area (Å²) in [7, 11) is 0. The summed E-state index contributed by atoms with van der Waals surface area (Å²) in [5, 5.41) is 11.5. The van der Waals surface area contributed by atoms with Crippen molar-refractivity contribution in [2.75, 3.05) is 13.1 Å². The van der Waals surface area contributed by atoms with Crippen LogP contribution in [0.25, 0.3) is 0 Å².